The van der Waals surface area contributed by atoms with Crippen molar-refractivity contribution >= 4 is 0 Å². The first-order valence-electron chi connectivity index (χ1n) is 7.72. The van der Waals surface area contributed by atoms with Crippen LogP contribution in [0.2, 0.25) is 0 Å². The molecule has 4 aliphatic carbocycles. The highest BCUT2D eigenvalue weighted by Gasteiger charge is 2.48. The Kier molecular flexibility index (Phi) is 3.01. The molecule has 0 amide bonds. The summed E-state index contributed by atoms with van der Waals surface area (Å²) in [6.07, 6.45) is 9.35. The van der Waals surface area contributed by atoms with Crippen LogP contribution in [0.4, 0.5) is 0 Å². The Morgan fingerprint density at radius 1 is 0.941 bits per heavy atom. The number of rotatable bonds is 4. The van der Waals surface area contributed by atoms with E-state index in [-0.39, 0.29) is 0 Å². The molecule has 4 saturated carbocycles. The molecule has 1 heteroatoms. The van der Waals surface area contributed by atoms with Gasteiger partial charge in [-0.3, -0.25) is 0 Å². The Hall–Kier alpha value is -0.0400. The van der Waals surface area contributed by atoms with Gasteiger partial charge in [-0.15, -0.1) is 0 Å². The summed E-state index contributed by atoms with van der Waals surface area (Å²) in [7, 11) is 2.10. The molecule has 1 nitrogen and oxygen atoms in total. The summed E-state index contributed by atoms with van der Waals surface area (Å²) in [6, 6.07) is 0. The molecule has 1 N–H and O–H groups in total. The average Bonchev–Trinajstić information content (AvgIpc) is 2.22. The van der Waals surface area contributed by atoms with Crippen molar-refractivity contribution in [3.63, 3.8) is 0 Å². The third-order valence-corrected chi connectivity index (χ3v) is 5.87. The minimum atomic E-state index is 0.495. The van der Waals surface area contributed by atoms with Gasteiger partial charge in [-0.1, -0.05) is 13.8 Å². The van der Waals surface area contributed by atoms with Crippen molar-refractivity contribution in [1.29, 1.82) is 0 Å². The third kappa shape index (κ3) is 2.28. The topological polar surface area (TPSA) is 12.0 Å². The molecule has 0 spiro atoms. The van der Waals surface area contributed by atoms with Gasteiger partial charge in [-0.05, 0) is 87.1 Å². The van der Waals surface area contributed by atoms with Crippen LogP contribution in [0.3, 0.4) is 0 Å². The maximum Gasteiger partial charge on any atom is -0.0000382 e. The predicted molar refractivity (Wildman–Crippen MR) is 72.9 cm³/mol. The molecule has 0 aromatic carbocycles. The zero-order chi connectivity index (χ0) is 12.0. The van der Waals surface area contributed by atoms with E-state index in [0.29, 0.717) is 5.41 Å². The third-order valence-electron chi connectivity index (χ3n) is 5.87. The van der Waals surface area contributed by atoms with Gasteiger partial charge in [0.15, 0.2) is 0 Å². The summed E-state index contributed by atoms with van der Waals surface area (Å²) < 4.78 is 0. The number of hydrogen-bond acceptors (Lipinski definition) is 1. The first-order chi connectivity index (χ1) is 8.07. The molecule has 4 fully saturated rings. The highest BCUT2D eigenvalue weighted by Crippen LogP contribution is 2.58. The van der Waals surface area contributed by atoms with E-state index in [1.54, 1.807) is 32.1 Å². The van der Waals surface area contributed by atoms with Crippen molar-refractivity contribution in [1.82, 2.24) is 5.32 Å². The smallest absolute Gasteiger partial charge is 0.0000382 e. The van der Waals surface area contributed by atoms with E-state index in [2.05, 4.69) is 26.2 Å². The fourth-order valence-electron chi connectivity index (χ4n) is 5.56. The van der Waals surface area contributed by atoms with Crippen LogP contribution in [0.5, 0.6) is 0 Å². The molecular formula is C16H29N. The molecule has 0 saturated heterocycles. The van der Waals surface area contributed by atoms with E-state index in [9.17, 15) is 0 Å². The molecule has 0 heterocycles. The van der Waals surface area contributed by atoms with E-state index in [1.165, 1.54) is 13.0 Å². The highest BCUT2D eigenvalue weighted by atomic mass is 14.8. The molecule has 0 aliphatic heterocycles. The van der Waals surface area contributed by atoms with Crippen molar-refractivity contribution in [2.75, 3.05) is 13.6 Å². The zero-order valence-electron chi connectivity index (χ0n) is 11.8. The Morgan fingerprint density at radius 2 is 1.47 bits per heavy atom. The Balaban J connectivity index is 1.68. The normalized spacial score (nSPS) is 44.3. The highest BCUT2D eigenvalue weighted by molar-refractivity contribution is 4.99. The maximum absolute atomic E-state index is 3.38. The van der Waals surface area contributed by atoms with E-state index < -0.39 is 0 Å². The lowest BCUT2D eigenvalue weighted by molar-refractivity contribution is -0.0523. The molecular weight excluding hydrogens is 206 g/mol. The summed E-state index contributed by atoms with van der Waals surface area (Å²) in [6.45, 7) is 6.08. The fraction of sp³-hybridized carbons (Fsp3) is 1.00. The Morgan fingerprint density at radius 3 is 1.94 bits per heavy atom. The number of hydrogen-bond donors (Lipinski definition) is 1. The van der Waals surface area contributed by atoms with Crippen LogP contribution in [0.15, 0.2) is 0 Å². The maximum atomic E-state index is 3.38. The van der Waals surface area contributed by atoms with E-state index >= 15 is 0 Å². The van der Waals surface area contributed by atoms with E-state index in [0.717, 1.165) is 29.6 Å². The largest absolute Gasteiger partial charge is 0.319 e. The van der Waals surface area contributed by atoms with Gasteiger partial charge in [0.05, 0.1) is 0 Å². The first-order valence-corrected chi connectivity index (χ1v) is 7.72. The van der Waals surface area contributed by atoms with Crippen molar-refractivity contribution in [2.45, 2.75) is 52.4 Å². The van der Waals surface area contributed by atoms with Gasteiger partial charge in [0.2, 0.25) is 0 Å². The molecule has 0 aromatic heterocycles. The van der Waals surface area contributed by atoms with E-state index in [1.807, 2.05) is 0 Å². The molecule has 98 valence electrons. The van der Waals surface area contributed by atoms with Crippen molar-refractivity contribution in [3.05, 3.63) is 0 Å². The van der Waals surface area contributed by atoms with Crippen LogP contribution < -0.4 is 5.32 Å². The van der Waals surface area contributed by atoms with Crippen LogP contribution in [-0.4, -0.2) is 13.6 Å². The summed E-state index contributed by atoms with van der Waals surface area (Å²) in [5.41, 5.74) is 0.495. The van der Waals surface area contributed by atoms with Gasteiger partial charge in [-0.25, -0.2) is 0 Å². The summed E-state index contributed by atoms with van der Waals surface area (Å²) >= 11 is 0. The summed E-state index contributed by atoms with van der Waals surface area (Å²) in [5.74, 6) is 5.51. The van der Waals surface area contributed by atoms with Crippen LogP contribution in [0.1, 0.15) is 52.4 Å². The second kappa shape index (κ2) is 4.26. The molecule has 4 bridgehead atoms. The lowest BCUT2D eigenvalue weighted by Gasteiger charge is -2.56. The predicted octanol–water partition coefficient (Wildman–Crippen LogP) is 3.69. The summed E-state index contributed by atoms with van der Waals surface area (Å²) in [4.78, 5) is 0. The second-order valence-electron chi connectivity index (χ2n) is 7.99. The first kappa shape index (κ1) is 12.0. The van der Waals surface area contributed by atoms with Crippen molar-refractivity contribution < 1.29 is 0 Å². The van der Waals surface area contributed by atoms with Crippen molar-refractivity contribution in [2.24, 2.45) is 35.0 Å². The van der Waals surface area contributed by atoms with E-state index in [4.69, 9.17) is 0 Å². The second-order valence-corrected chi connectivity index (χ2v) is 7.99. The zero-order valence-corrected chi connectivity index (χ0v) is 11.8. The molecule has 17 heavy (non-hydrogen) atoms. The standard InChI is InChI=1S/C16H29N/c1-16(2,10-17-3)9-15-13-5-11-4-12(7-13)8-14(15)6-11/h11-15,17H,4-10H2,1-3H3. The number of nitrogens with one attached hydrogen (secondary N) is 1. The van der Waals surface area contributed by atoms with Gasteiger partial charge in [0.25, 0.3) is 0 Å². The van der Waals surface area contributed by atoms with Gasteiger partial charge in [0.1, 0.15) is 0 Å². The monoisotopic (exact) mass is 235 g/mol. The minimum absolute atomic E-state index is 0.495. The van der Waals surface area contributed by atoms with Gasteiger partial charge in [0, 0.05) is 0 Å². The average molecular weight is 235 g/mol. The Labute approximate surface area is 107 Å². The van der Waals surface area contributed by atoms with Crippen LogP contribution in [-0.2, 0) is 0 Å². The molecule has 0 aromatic rings. The van der Waals surface area contributed by atoms with Crippen molar-refractivity contribution in [3.8, 4) is 0 Å². The van der Waals surface area contributed by atoms with Gasteiger partial charge >= 0.3 is 0 Å². The van der Waals surface area contributed by atoms with Gasteiger partial charge in [-0.2, -0.15) is 0 Å². The molecule has 0 radical (unpaired) electrons. The fourth-order valence-corrected chi connectivity index (χ4v) is 5.56. The molecule has 0 unspecified atom stereocenters. The molecule has 4 aliphatic rings. The Bertz CT molecular complexity index is 253. The van der Waals surface area contributed by atoms with Gasteiger partial charge < -0.3 is 5.32 Å². The van der Waals surface area contributed by atoms with Crippen LogP contribution >= 0.6 is 0 Å². The lowest BCUT2D eigenvalue weighted by Crippen LogP contribution is -2.47. The quantitative estimate of drug-likeness (QED) is 0.783. The SMILES string of the molecule is CNCC(C)(C)CC1C2CC3CC(C2)CC1C3. The minimum Gasteiger partial charge on any atom is -0.319 e. The lowest BCUT2D eigenvalue weighted by atomic mass is 9.50. The molecule has 4 rings (SSSR count). The van der Waals surface area contributed by atoms with Crippen LogP contribution in [0.25, 0.3) is 0 Å². The van der Waals surface area contributed by atoms with Crippen LogP contribution in [0, 0.1) is 35.0 Å². The molecule has 0 atom stereocenters. The summed E-state index contributed by atoms with van der Waals surface area (Å²) in [5, 5.41) is 3.38.